The lowest BCUT2D eigenvalue weighted by molar-refractivity contribution is -0.140. The number of fused-ring (bicyclic) bond motifs is 1. The van der Waals surface area contributed by atoms with Crippen LogP contribution in [0.3, 0.4) is 0 Å². The summed E-state index contributed by atoms with van der Waals surface area (Å²) in [5, 5.41) is 3.35. The van der Waals surface area contributed by atoms with Gasteiger partial charge in [0.2, 0.25) is 5.91 Å². The molecule has 3 aliphatic heterocycles. The Morgan fingerprint density at radius 1 is 1.12 bits per heavy atom. The number of nitrogens with zero attached hydrogens (tertiary/aromatic N) is 3. The lowest BCUT2D eigenvalue weighted by Gasteiger charge is -2.35. The molecule has 2 atom stereocenters. The lowest BCUT2D eigenvalue weighted by Crippen LogP contribution is -2.49. The summed E-state index contributed by atoms with van der Waals surface area (Å²) in [5.41, 5.74) is -0.693. The molecule has 0 aromatic heterocycles. The normalized spacial score (nSPS) is 32.1. The molecule has 0 bridgehead atoms. The third-order valence-electron chi connectivity index (χ3n) is 6.52. The van der Waals surface area contributed by atoms with Gasteiger partial charge in [0.1, 0.15) is 12.1 Å². The lowest BCUT2D eigenvalue weighted by atomic mass is 9.81. The predicted molar refractivity (Wildman–Crippen MR) is 87.1 cm³/mol. The van der Waals surface area contributed by atoms with Crippen LogP contribution in [0.4, 0.5) is 4.79 Å². The molecule has 24 heavy (non-hydrogen) atoms. The smallest absolute Gasteiger partial charge is 0.327 e. The van der Waals surface area contributed by atoms with Crippen LogP contribution in [0.15, 0.2) is 0 Å². The van der Waals surface area contributed by atoms with Crippen LogP contribution in [0.25, 0.3) is 0 Å². The fourth-order valence-corrected chi connectivity index (χ4v) is 4.97. The number of hydrogen-bond donors (Lipinski definition) is 1. The molecule has 0 unspecified atom stereocenters. The highest BCUT2D eigenvalue weighted by atomic mass is 16.2. The molecule has 3 heterocycles. The van der Waals surface area contributed by atoms with Crippen molar-refractivity contribution >= 4 is 17.8 Å². The van der Waals surface area contributed by atoms with Crippen LogP contribution in [0.1, 0.15) is 32.1 Å². The number of likely N-dealkylation sites (N-methyl/N-ethyl adjacent to an activating group) is 1. The number of urea groups is 1. The largest absolute Gasteiger partial charge is 0.340 e. The van der Waals surface area contributed by atoms with Crippen LogP contribution >= 0.6 is 0 Å². The van der Waals surface area contributed by atoms with E-state index in [-0.39, 0.29) is 24.4 Å². The van der Waals surface area contributed by atoms with Crippen LogP contribution in [-0.2, 0) is 9.59 Å². The van der Waals surface area contributed by atoms with Gasteiger partial charge in [-0.2, -0.15) is 0 Å². The van der Waals surface area contributed by atoms with Gasteiger partial charge in [0.15, 0.2) is 0 Å². The molecule has 4 rings (SSSR count). The third-order valence-corrected chi connectivity index (χ3v) is 6.52. The van der Waals surface area contributed by atoms with Crippen molar-refractivity contribution in [3.8, 4) is 0 Å². The van der Waals surface area contributed by atoms with Gasteiger partial charge in [0, 0.05) is 33.2 Å². The van der Waals surface area contributed by atoms with Crippen molar-refractivity contribution in [3.05, 3.63) is 0 Å². The van der Waals surface area contributed by atoms with Gasteiger partial charge in [-0.3, -0.25) is 14.5 Å². The minimum atomic E-state index is -0.693. The highest BCUT2D eigenvalue weighted by Crippen LogP contribution is 2.39. The minimum Gasteiger partial charge on any atom is -0.340 e. The second kappa shape index (κ2) is 5.72. The van der Waals surface area contributed by atoms with Crippen LogP contribution in [-0.4, -0.2) is 77.9 Å². The molecule has 1 aliphatic carbocycles. The zero-order valence-corrected chi connectivity index (χ0v) is 14.3. The van der Waals surface area contributed by atoms with Crippen molar-refractivity contribution in [2.45, 2.75) is 37.6 Å². The summed E-state index contributed by atoms with van der Waals surface area (Å²) in [6.07, 6.45) is 4.48. The summed E-state index contributed by atoms with van der Waals surface area (Å²) < 4.78 is 0. The summed E-state index contributed by atoms with van der Waals surface area (Å²) in [6, 6.07) is -0.309. The van der Waals surface area contributed by atoms with Gasteiger partial charge < -0.3 is 15.1 Å². The van der Waals surface area contributed by atoms with E-state index in [4.69, 9.17) is 0 Å². The summed E-state index contributed by atoms with van der Waals surface area (Å²) in [7, 11) is 1.71. The number of hydrogen-bond acceptors (Lipinski definition) is 4. The van der Waals surface area contributed by atoms with E-state index in [0.717, 1.165) is 58.3 Å². The van der Waals surface area contributed by atoms with Crippen molar-refractivity contribution < 1.29 is 14.4 Å². The molecule has 4 fully saturated rings. The molecule has 4 amide bonds. The topological polar surface area (TPSA) is 73.0 Å². The Hall–Kier alpha value is -1.63. The first-order valence-electron chi connectivity index (χ1n) is 9.11. The summed E-state index contributed by atoms with van der Waals surface area (Å²) in [5.74, 6) is 0.786. The Kier molecular flexibility index (Phi) is 3.78. The first-order chi connectivity index (χ1) is 11.5. The number of carbonyl (C=O) groups excluding carboxylic acids is 3. The van der Waals surface area contributed by atoms with Gasteiger partial charge in [-0.25, -0.2) is 4.79 Å². The molecule has 7 nitrogen and oxygen atoms in total. The van der Waals surface area contributed by atoms with Gasteiger partial charge in [0.25, 0.3) is 5.91 Å². The van der Waals surface area contributed by atoms with Gasteiger partial charge in [-0.15, -0.1) is 0 Å². The Bertz CT molecular complexity index is 560. The second-order valence-electron chi connectivity index (χ2n) is 7.80. The average Bonchev–Trinajstić information content (AvgIpc) is 3.23. The predicted octanol–water partition coefficient (Wildman–Crippen LogP) is 0.261. The molecule has 132 valence electrons. The Morgan fingerprint density at radius 3 is 2.38 bits per heavy atom. The standard InChI is InChI=1S/C17H26N4O3/c1-19-16(24)21(15(23)17(19)5-3-2-4-6-17)11-14(22)20-9-12-7-18-8-13(12)10-20/h12-13,18H,2-11H2,1H3/t12-,13+. The quantitative estimate of drug-likeness (QED) is 0.735. The van der Waals surface area contributed by atoms with E-state index in [1.165, 1.54) is 4.90 Å². The molecule has 1 N–H and O–H groups in total. The first-order valence-corrected chi connectivity index (χ1v) is 9.11. The Morgan fingerprint density at radius 2 is 1.75 bits per heavy atom. The fourth-order valence-electron chi connectivity index (χ4n) is 4.97. The maximum Gasteiger partial charge on any atom is 0.327 e. The maximum atomic E-state index is 12.9. The number of likely N-dealkylation sites (tertiary alicyclic amines) is 1. The van der Waals surface area contributed by atoms with Crippen molar-refractivity contribution in [3.63, 3.8) is 0 Å². The molecule has 0 aromatic carbocycles. The summed E-state index contributed by atoms with van der Waals surface area (Å²) in [6.45, 7) is 3.31. The molecule has 1 spiro atoms. The number of imide groups is 1. The number of nitrogens with one attached hydrogen (secondary N) is 1. The summed E-state index contributed by atoms with van der Waals surface area (Å²) >= 11 is 0. The summed E-state index contributed by atoms with van der Waals surface area (Å²) in [4.78, 5) is 42.8. The molecule has 0 radical (unpaired) electrons. The maximum absolute atomic E-state index is 12.9. The number of amides is 4. The first kappa shape index (κ1) is 15.9. The van der Waals surface area contributed by atoms with Crippen LogP contribution in [0.2, 0.25) is 0 Å². The van der Waals surface area contributed by atoms with Gasteiger partial charge in [-0.1, -0.05) is 19.3 Å². The molecule has 4 aliphatic rings. The SMILES string of the molecule is CN1C(=O)N(CC(=O)N2C[C@H]3CNC[C@H]3C2)C(=O)C12CCCCC2. The van der Waals surface area contributed by atoms with Crippen molar-refractivity contribution in [2.75, 3.05) is 39.8 Å². The third kappa shape index (κ3) is 2.24. The zero-order chi connectivity index (χ0) is 16.9. The Balaban J connectivity index is 1.45. The molecule has 7 heteroatoms. The number of rotatable bonds is 2. The molecular weight excluding hydrogens is 308 g/mol. The average molecular weight is 334 g/mol. The second-order valence-corrected chi connectivity index (χ2v) is 7.80. The molecule has 3 saturated heterocycles. The van der Waals surface area contributed by atoms with Crippen LogP contribution in [0, 0.1) is 11.8 Å². The van der Waals surface area contributed by atoms with E-state index < -0.39 is 5.54 Å². The van der Waals surface area contributed by atoms with Crippen molar-refractivity contribution in [2.24, 2.45) is 11.8 Å². The van der Waals surface area contributed by atoms with Crippen molar-refractivity contribution in [1.29, 1.82) is 0 Å². The Labute approximate surface area is 142 Å². The van der Waals surface area contributed by atoms with E-state index in [1.54, 1.807) is 11.9 Å². The van der Waals surface area contributed by atoms with E-state index in [2.05, 4.69) is 5.32 Å². The van der Waals surface area contributed by atoms with E-state index in [9.17, 15) is 14.4 Å². The van der Waals surface area contributed by atoms with Crippen LogP contribution < -0.4 is 5.32 Å². The van der Waals surface area contributed by atoms with Gasteiger partial charge >= 0.3 is 6.03 Å². The van der Waals surface area contributed by atoms with Gasteiger partial charge in [0.05, 0.1) is 0 Å². The van der Waals surface area contributed by atoms with E-state index >= 15 is 0 Å². The zero-order valence-electron chi connectivity index (χ0n) is 14.3. The van der Waals surface area contributed by atoms with Crippen molar-refractivity contribution in [1.82, 2.24) is 20.0 Å². The minimum absolute atomic E-state index is 0.0904. The molecular formula is C17H26N4O3. The molecule has 1 saturated carbocycles. The van der Waals surface area contributed by atoms with Gasteiger partial charge in [-0.05, 0) is 24.7 Å². The van der Waals surface area contributed by atoms with Crippen LogP contribution in [0.5, 0.6) is 0 Å². The number of carbonyl (C=O) groups is 3. The molecule has 0 aromatic rings. The van der Waals surface area contributed by atoms with E-state index in [0.29, 0.717) is 11.8 Å². The van der Waals surface area contributed by atoms with E-state index in [1.807, 2.05) is 4.90 Å². The monoisotopic (exact) mass is 334 g/mol. The fraction of sp³-hybridized carbons (Fsp3) is 0.824. The highest BCUT2D eigenvalue weighted by Gasteiger charge is 2.56. The highest BCUT2D eigenvalue weighted by molar-refractivity contribution is 6.08.